The van der Waals surface area contributed by atoms with Crippen LogP contribution in [0.5, 0.6) is 0 Å². The Balaban J connectivity index is 1.82. The standard InChI is InChI=1S/C14H23N3OS/c1-5-11(6-2)12-7-15-14(19-12)16-8-13-17-9(3)10(4)18-13/h11-12H,5-8H2,1-4H3,(H,15,16). The largest absolute Gasteiger partial charge is 0.444 e. The predicted molar refractivity (Wildman–Crippen MR) is 80.6 cm³/mol. The summed E-state index contributed by atoms with van der Waals surface area (Å²) in [7, 11) is 0. The van der Waals surface area contributed by atoms with Crippen molar-refractivity contribution in [3.8, 4) is 0 Å². The summed E-state index contributed by atoms with van der Waals surface area (Å²) in [5, 5.41) is 4.99. The molecule has 1 aromatic heterocycles. The van der Waals surface area contributed by atoms with Gasteiger partial charge in [0.2, 0.25) is 5.89 Å². The van der Waals surface area contributed by atoms with E-state index in [4.69, 9.17) is 4.42 Å². The predicted octanol–water partition coefficient (Wildman–Crippen LogP) is 3.29. The number of aromatic nitrogens is 1. The van der Waals surface area contributed by atoms with Crippen LogP contribution in [-0.4, -0.2) is 21.9 Å². The second kappa shape index (κ2) is 6.46. The summed E-state index contributed by atoms with van der Waals surface area (Å²) in [4.78, 5) is 8.94. The fraction of sp³-hybridized carbons (Fsp3) is 0.714. The maximum absolute atomic E-state index is 5.55. The molecule has 1 atom stereocenters. The molecule has 4 nitrogen and oxygen atoms in total. The normalized spacial score (nSPS) is 19.0. The van der Waals surface area contributed by atoms with E-state index in [1.165, 1.54) is 12.8 Å². The number of oxazole rings is 1. The Bertz CT molecular complexity index is 432. The molecule has 2 rings (SSSR count). The highest BCUT2D eigenvalue weighted by Crippen LogP contribution is 2.30. The van der Waals surface area contributed by atoms with Crippen LogP contribution in [-0.2, 0) is 6.54 Å². The number of aliphatic imine (C=N–C) groups is 1. The van der Waals surface area contributed by atoms with Gasteiger partial charge in [-0.15, -0.1) is 0 Å². The first-order chi connectivity index (χ1) is 9.13. The zero-order valence-electron chi connectivity index (χ0n) is 12.2. The summed E-state index contributed by atoms with van der Waals surface area (Å²) in [6.07, 6.45) is 2.46. The molecule has 1 aliphatic heterocycles. The van der Waals surface area contributed by atoms with E-state index in [-0.39, 0.29) is 0 Å². The van der Waals surface area contributed by atoms with E-state index in [2.05, 4.69) is 29.1 Å². The van der Waals surface area contributed by atoms with Crippen molar-refractivity contribution in [3.63, 3.8) is 0 Å². The van der Waals surface area contributed by atoms with E-state index < -0.39 is 0 Å². The molecule has 0 aliphatic carbocycles. The first-order valence-corrected chi connectivity index (χ1v) is 7.89. The highest BCUT2D eigenvalue weighted by Gasteiger charge is 2.25. The van der Waals surface area contributed by atoms with Crippen LogP contribution in [0.15, 0.2) is 9.41 Å². The number of aryl methyl sites for hydroxylation is 2. The average molecular weight is 281 g/mol. The summed E-state index contributed by atoms with van der Waals surface area (Å²) >= 11 is 1.87. The average Bonchev–Trinajstić information content (AvgIpc) is 2.97. The molecule has 0 saturated heterocycles. The van der Waals surface area contributed by atoms with Crippen molar-refractivity contribution in [3.05, 3.63) is 17.3 Å². The van der Waals surface area contributed by atoms with Crippen LogP contribution in [0.3, 0.4) is 0 Å². The van der Waals surface area contributed by atoms with Gasteiger partial charge in [-0.2, -0.15) is 0 Å². The molecule has 0 amide bonds. The number of nitrogens with zero attached hydrogens (tertiary/aromatic N) is 2. The molecule has 1 N–H and O–H groups in total. The fourth-order valence-corrected chi connectivity index (χ4v) is 3.63. The van der Waals surface area contributed by atoms with Crippen molar-refractivity contribution in [2.45, 2.75) is 52.3 Å². The monoisotopic (exact) mass is 281 g/mol. The lowest BCUT2D eigenvalue weighted by atomic mass is 9.99. The number of hydrogen-bond donors (Lipinski definition) is 1. The number of amidine groups is 1. The molecule has 0 radical (unpaired) electrons. The SMILES string of the molecule is CCC(CC)C1CN=C(NCc2nc(C)c(C)o2)S1. The van der Waals surface area contributed by atoms with Gasteiger partial charge in [0.05, 0.1) is 18.8 Å². The molecule has 1 aliphatic rings. The van der Waals surface area contributed by atoms with Gasteiger partial charge in [-0.05, 0) is 19.8 Å². The van der Waals surface area contributed by atoms with Crippen LogP contribution in [0.2, 0.25) is 0 Å². The van der Waals surface area contributed by atoms with Gasteiger partial charge in [-0.1, -0.05) is 38.5 Å². The van der Waals surface area contributed by atoms with Crippen LogP contribution in [0.1, 0.15) is 44.0 Å². The number of nitrogens with one attached hydrogen (secondary N) is 1. The van der Waals surface area contributed by atoms with Crippen LogP contribution < -0.4 is 5.32 Å². The fourth-order valence-electron chi connectivity index (χ4n) is 2.31. The zero-order chi connectivity index (χ0) is 13.8. The van der Waals surface area contributed by atoms with Crippen LogP contribution in [0.4, 0.5) is 0 Å². The lowest BCUT2D eigenvalue weighted by Gasteiger charge is -2.18. The Kier molecular flexibility index (Phi) is 4.91. The molecule has 0 aromatic carbocycles. The first kappa shape index (κ1) is 14.4. The van der Waals surface area contributed by atoms with Gasteiger partial charge in [-0.3, -0.25) is 4.99 Å². The van der Waals surface area contributed by atoms with Crippen molar-refractivity contribution in [2.75, 3.05) is 6.54 Å². The summed E-state index contributed by atoms with van der Waals surface area (Å²) in [5.74, 6) is 2.40. The molecule has 0 fully saturated rings. The summed E-state index contributed by atoms with van der Waals surface area (Å²) in [6.45, 7) is 9.99. The minimum Gasteiger partial charge on any atom is -0.444 e. The molecular weight excluding hydrogens is 258 g/mol. The third-order valence-corrected chi connectivity index (χ3v) is 5.05. The molecule has 0 spiro atoms. The summed E-state index contributed by atoms with van der Waals surface area (Å²) < 4.78 is 5.55. The topological polar surface area (TPSA) is 50.4 Å². The Labute approximate surface area is 119 Å². The van der Waals surface area contributed by atoms with E-state index in [0.29, 0.717) is 11.8 Å². The first-order valence-electron chi connectivity index (χ1n) is 7.01. The van der Waals surface area contributed by atoms with E-state index in [0.717, 1.165) is 35.0 Å². The van der Waals surface area contributed by atoms with Crippen molar-refractivity contribution >= 4 is 16.9 Å². The minimum absolute atomic E-state index is 0.621. The summed E-state index contributed by atoms with van der Waals surface area (Å²) in [6, 6.07) is 0. The van der Waals surface area contributed by atoms with Gasteiger partial charge < -0.3 is 9.73 Å². The Morgan fingerprint density at radius 1 is 1.37 bits per heavy atom. The Morgan fingerprint density at radius 3 is 2.68 bits per heavy atom. The van der Waals surface area contributed by atoms with Gasteiger partial charge in [0, 0.05) is 5.25 Å². The quantitative estimate of drug-likeness (QED) is 0.900. The van der Waals surface area contributed by atoms with Gasteiger partial charge in [0.1, 0.15) is 5.76 Å². The lowest BCUT2D eigenvalue weighted by Crippen LogP contribution is -2.21. The molecule has 0 bridgehead atoms. The van der Waals surface area contributed by atoms with E-state index in [9.17, 15) is 0 Å². The zero-order valence-corrected chi connectivity index (χ0v) is 13.0. The highest BCUT2D eigenvalue weighted by molar-refractivity contribution is 8.14. The van der Waals surface area contributed by atoms with Crippen molar-refractivity contribution in [1.82, 2.24) is 10.3 Å². The maximum Gasteiger partial charge on any atom is 0.213 e. The van der Waals surface area contributed by atoms with Crippen molar-refractivity contribution in [2.24, 2.45) is 10.9 Å². The molecular formula is C14H23N3OS. The molecule has 5 heteroatoms. The second-order valence-electron chi connectivity index (χ2n) is 4.98. The van der Waals surface area contributed by atoms with Crippen LogP contribution in [0.25, 0.3) is 0 Å². The molecule has 0 saturated carbocycles. The molecule has 106 valence electrons. The van der Waals surface area contributed by atoms with Gasteiger partial charge in [-0.25, -0.2) is 4.98 Å². The van der Waals surface area contributed by atoms with Crippen molar-refractivity contribution in [1.29, 1.82) is 0 Å². The van der Waals surface area contributed by atoms with Gasteiger partial charge in [0.15, 0.2) is 5.17 Å². The second-order valence-corrected chi connectivity index (χ2v) is 6.21. The smallest absolute Gasteiger partial charge is 0.213 e. The Hall–Kier alpha value is -0.970. The number of thioether (sulfide) groups is 1. The third-order valence-electron chi connectivity index (χ3n) is 3.72. The van der Waals surface area contributed by atoms with Gasteiger partial charge in [0.25, 0.3) is 0 Å². The third kappa shape index (κ3) is 3.53. The number of rotatable bonds is 5. The number of hydrogen-bond acceptors (Lipinski definition) is 5. The minimum atomic E-state index is 0.621. The van der Waals surface area contributed by atoms with Gasteiger partial charge >= 0.3 is 0 Å². The van der Waals surface area contributed by atoms with E-state index in [1.807, 2.05) is 25.6 Å². The van der Waals surface area contributed by atoms with Crippen LogP contribution in [0, 0.1) is 19.8 Å². The van der Waals surface area contributed by atoms with E-state index in [1.54, 1.807) is 0 Å². The molecule has 19 heavy (non-hydrogen) atoms. The maximum atomic E-state index is 5.55. The lowest BCUT2D eigenvalue weighted by molar-refractivity contribution is 0.465. The highest BCUT2D eigenvalue weighted by atomic mass is 32.2. The molecule has 1 aromatic rings. The molecule has 1 unspecified atom stereocenters. The van der Waals surface area contributed by atoms with Crippen LogP contribution >= 0.6 is 11.8 Å². The Morgan fingerprint density at radius 2 is 2.11 bits per heavy atom. The molecule has 2 heterocycles. The van der Waals surface area contributed by atoms with Crippen molar-refractivity contribution < 1.29 is 4.42 Å². The van der Waals surface area contributed by atoms with E-state index >= 15 is 0 Å². The summed E-state index contributed by atoms with van der Waals surface area (Å²) in [5.41, 5.74) is 0.965.